The Kier molecular flexibility index (Phi) is 5.65. The van der Waals surface area contributed by atoms with E-state index >= 15 is 0 Å². The molecular formula is C18H20N4O2S. The zero-order valence-corrected chi connectivity index (χ0v) is 15.5. The fraction of sp³-hybridized carbons (Fsp3) is 0.333. The molecule has 2 rings (SSSR count). The molecule has 0 atom stereocenters. The van der Waals surface area contributed by atoms with Gasteiger partial charge in [-0.05, 0) is 24.0 Å². The van der Waals surface area contributed by atoms with Crippen molar-refractivity contribution < 1.29 is 4.79 Å². The van der Waals surface area contributed by atoms with E-state index in [0.29, 0.717) is 5.69 Å². The van der Waals surface area contributed by atoms with Crippen LogP contribution in [0.2, 0.25) is 0 Å². The maximum Gasteiger partial charge on any atom is 0.346 e. The Hall–Kier alpha value is -2.59. The predicted octanol–water partition coefficient (Wildman–Crippen LogP) is 2.98. The number of H-pyrrole nitrogens is 1. The largest absolute Gasteiger partial charge is 0.346 e. The van der Waals surface area contributed by atoms with Crippen molar-refractivity contribution in [2.24, 2.45) is 0 Å². The monoisotopic (exact) mass is 356 g/mol. The number of thioether (sulfide) groups is 1. The highest BCUT2D eigenvalue weighted by molar-refractivity contribution is 8.00. The van der Waals surface area contributed by atoms with Crippen LogP contribution >= 0.6 is 11.8 Å². The lowest BCUT2D eigenvalue weighted by Gasteiger charge is -2.23. The molecule has 2 N–H and O–H groups in total. The van der Waals surface area contributed by atoms with Crippen LogP contribution in [-0.2, 0) is 10.2 Å². The summed E-state index contributed by atoms with van der Waals surface area (Å²) in [5, 5.41) is 12.4. The van der Waals surface area contributed by atoms with Crippen LogP contribution < -0.4 is 11.0 Å². The third-order valence-corrected chi connectivity index (χ3v) is 4.52. The molecule has 0 unspecified atom stereocenters. The number of para-hydroxylation sites is 1. The highest BCUT2D eigenvalue weighted by atomic mass is 32.2. The van der Waals surface area contributed by atoms with Gasteiger partial charge >= 0.3 is 5.69 Å². The van der Waals surface area contributed by atoms with Gasteiger partial charge < -0.3 is 10.3 Å². The van der Waals surface area contributed by atoms with Crippen LogP contribution in [0.1, 0.15) is 37.6 Å². The Bertz CT molecular complexity index is 891. The van der Waals surface area contributed by atoms with Crippen molar-refractivity contribution in [2.45, 2.75) is 38.1 Å². The molecule has 130 valence electrons. The summed E-state index contributed by atoms with van der Waals surface area (Å²) in [6.45, 7) is 7.87. The Morgan fingerprint density at radius 1 is 1.36 bits per heavy atom. The second-order valence-electron chi connectivity index (χ2n) is 6.59. The maximum absolute atomic E-state index is 12.3. The number of amides is 1. The van der Waals surface area contributed by atoms with Gasteiger partial charge in [0.15, 0.2) is 0 Å². The molecular weight excluding hydrogens is 336 g/mol. The van der Waals surface area contributed by atoms with Gasteiger partial charge in [-0.25, -0.2) is 4.79 Å². The average molecular weight is 356 g/mol. The van der Waals surface area contributed by atoms with Gasteiger partial charge in [0.2, 0.25) is 5.91 Å². The standard InChI is InChI=1S/C18H20N4O2S/c1-11-12(9-19)16(22-17(24)20-11)25-10-15(23)21-14-8-6-5-7-13(14)18(2,3)4/h5-8H,10H2,1-4H3,(H,21,23)(H,20,22,24). The number of nitrogens with one attached hydrogen (secondary N) is 2. The van der Waals surface area contributed by atoms with Gasteiger partial charge in [0, 0.05) is 11.4 Å². The fourth-order valence-electron chi connectivity index (χ4n) is 2.36. The molecule has 25 heavy (non-hydrogen) atoms. The second kappa shape index (κ2) is 7.53. The number of hydrogen-bond acceptors (Lipinski definition) is 5. The molecule has 0 saturated carbocycles. The quantitative estimate of drug-likeness (QED) is 0.648. The number of aromatic amines is 1. The first-order valence-corrected chi connectivity index (χ1v) is 8.74. The highest BCUT2D eigenvalue weighted by Gasteiger charge is 2.19. The summed E-state index contributed by atoms with van der Waals surface area (Å²) in [6.07, 6.45) is 0. The number of carbonyl (C=O) groups is 1. The van der Waals surface area contributed by atoms with Gasteiger partial charge in [0.25, 0.3) is 0 Å². The molecule has 0 aliphatic heterocycles. The fourth-order valence-corrected chi connectivity index (χ4v) is 3.19. The molecule has 0 radical (unpaired) electrons. The molecule has 6 nitrogen and oxygen atoms in total. The molecule has 1 amide bonds. The first kappa shape index (κ1) is 18.7. The van der Waals surface area contributed by atoms with Crippen molar-refractivity contribution in [1.82, 2.24) is 9.97 Å². The zero-order chi connectivity index (χ0) is 18.6. The van der Waals surface area contributed by atoms with Gasteiger partial charge in [-0.2, -0.15) is 10.2 Å². The smallest absolute Gasteiger partial charge is 0.325 e. The van der Waals surface area contributed by atoms with Crippen LogP contribution in [0.4, 0.5) is 5.69 Å². The summed E-state index contributed by atoms with van der Waals surface area (Å²) in [7, 11) is 0. The second-order valence-corrected chi connectivity index (χ2v) is 7.56. The summed E-state index contributed by atoms with van der Waals surface area (Å²) in [4.78, 5) is 30.1. The van der Waals surface area contributed by atoms with E-state index in [1.54, 1.807) is 6.92 Å². The van der Waals surface area contributed by atoms with Gasteiger partial charge in [0.1, 0.15) is 16.7 Å². The van der Waals surface area contributed by atoms with E-state index in [4.69, 9.17) is 0 Å². The lowest BCUT2D eigenvalue weighted by atomic mass is 9.86. The van der Waals surface area contributed by atoms with Crippen molar-refractivity contribution in [2.75, 3.05) is 11.1 Å². The third-order valence-electron chi connectivity index (χ3n) is 3.55. The number of hydrogen-bond donors (Lipinski definition) is 2. The van der Waals surface area contributed by atoms with E-state index in [1.807, 2.05) is 30.3 Å². The molecule has 0 bridgehead atoms. The number of rotatable bonds is 4. The number of anilines is 1. The molecule has 0 fully saturated rings. The van der Waals surface area contributed by atoms with Crippen LogP contribution in [0, 0.1) is 18.3 Å². The number of nitrogens with zero attached hydrogens (tertiary/aromatic N) is 2. The van der Waals surface area contributed by atoms with Crippen LogP contribution in [0.25, 0.3) is 0 Å². The first-order chi connectivity index (χ1) is 11.7. The predicted molar refractivity (Wildman–Crippen MR) is 98.8 cm³/mol. The van der Waals surface area contributed by atoms with Crippen LogP contribution in [0.5, 0.6) is 0 Å². The van der Waals surface area contributed by atoms with Crippen molar-refractivity contribution >= 4 is 23.4 Å². The summed E-state index contributed by atoms with van der Waals surface area (Å²) in [5.74, 6) is -0.159. The molecule has 1 aromatic carbocycles. The average Bonchev–Trinajstić information content (AvgIpc) is 2.52. The number of aromatic nitrogens is 2. The maximum atomic E-state index is 12.3. The summed E-state index contributed by atoms with van der Waals surface area (Å²) < 4.78 is 0. The minimum absolute atomic E-state index is 0.0586. The number of carbonyl (C=O) groups excluding carboxylic acids is 1. The zero-order valence-electron chi connectivity index (χ0n) is 14.6. The number of aryl methyl sites for hydroxylation is 1. The normalized spacial score (nSPS) is 11.0. The summed E-state index contributed by atoms with van der Waals surface area (Å²) in [5.41, 5.74) is 1.90. The lowest BCUT2D eigenvalue weighted by Crippen LogP contribution is -2.20. The minimum atomic E-state index is -0.530. The van der Waals surface area contributed by atoms with Crippen molar-refractivity contribution in [3.8, 4) is 6.07 Å². The van der Waals surface area contributed by atoms with Crippen LogP contribution in [0.15, 0.2) is 34.1 Å². The highest BCUT2D eigenvalue weighted by Crippen LogP contribution is 2.29. The molecule has 1 aromatic heterocycles. The van der Waals surface area contributed by atoms with Crippen molar-refractivity contribution in [3.63, 3.8) is 0 Å². The third kappa shape index (κ3) is 4.70. The Morgan fingerprint density at radius 2 is 2.04 bits per heavy atom. The van der Waals surface area contributed by atoms with Crippen LogP contribution in [0.3, 0.4) is 0 Å². The van der Waals surface area contributed by atoms with Gasteiger partial charge in [-0.15, -0.1) is 0 Å². The number of nitriles is 1. The van der Waals surface area contributed by atoms with Gasteiger partial charge in [-0.1, -0.05) is 50.7 Å². The molecule has 0 saturated heterocycles. The Balaban J connectivity index is 2.14. The molecule has 7 heteroatoms. The minimum Gasteiger partial charge on any atom is -0.325 e. The molecule has 0 aliphatic carbocycles. The Morgan fingerprint density at radius 3 is 2.68 bits per heavy atom. The lowest BCUT2D eigenvalue weighted by molar-refractivity contribution is -0.113. The molecule has 0 aliphatic rings. The van der Waals surface area contributed by atoms with Crippen molar-refractivity contribution in [3.05, 3.63) is 51.6 Å². The molecule has 1 heterocycles. The topological polar surface area (TPSA) is 98.6 Å². The van der Waals surface area contributed by atoms with E-state index < -0.39 is 5.69 Å². The van der Waals surface area contributed by atoms with Crippen molar-refractivity contribution in [1.29, 1.82) is 5.26 Å². The number of benzene rings is 1. The van der Waals surface area contributed by atoms with E-state index in [1.165, 1.54) is 0 Å². The van der Waals surface area contributed by atoms with Gasteiger partial charge in [-0.3, -0.25) is 4.79 Å². The molecule has 2 aromatic rings. The molecule has 0 spiro atoms. The SMILES string of the molecule is Cc1[nH]c(=O)nc(SCC(=O)Nc2ccccc2C(C)(C)C)c1C#N. The van der Waals surface area contributed by atoms with Crippen LogP contribution in [-0.4, -0.2) is 21.6 Å². The Labute approximate surface area is 150 Å². The van der Waals surface area contributed by atoms with E-state index in [-0.39, 0.29) is 27.7 Å². The van der Waals surface area contributed by atoms with E-state index in [9.17, 15) is 14.9 Å². The van der Waals surface area contributed by atoms with Gasteiger partial charge in [0.05, 0.1) is 5.75 Å². The first-order valence-electron chi connectivity index (χ1n) is 7.75. The van der Waals surface area contributed by atoms with E-state index in [2.05, 4.69) is 36.1 Å². The van der Waals surface area contributed by atoms with E-state index in [0.717, 1.165) is 23.0 Å². The summed E-state index contributed by atoms with van der Waals surface area (Å²) in [6, 6.07) is 9.66. The summed E-state index contributed by atoms with van der Waals surface area (Å²) >= 11 is 1.08.